The number of piperidine rings is 2. The number of likely N-dealkylation sites (tertiary alicyclic amines) is 1. The summed E-state index contributed by atoms with van der Waals surface area (Å²) in [7, 11) is 1.81. The standard InChI is InChI=1S/C53H54N10O7S/c1-30(24-32-17-21-62(22-18-32)28-46(65)55-34-8-10-38-42(26-34)61(3)60-47(38)39-13-15-45(64)58-50(39)66)29-70-35-9-11-36(31(2)25-35)37-12-14-44(57-49(37)52(68)69)63-23-19-33-16-20-54-48(40(33)27-63)51(67)59-53-56-41-6-4-5-7-43(41)71-53/h4-12,14,16,20,25-26,30,32,39H,13,15,17-19,21-24,27-29H2,1-3H3,(H,55,65)(H,68,69)(H,56,59,67)(H,58,64,66)/t30-,39-/m1/s1. The van der Waals surface area contributed by atoms with Gasteiger partial charge in [0.1, 0.15) is 17.3 Å². The van der Waals surface area contributed by atoms with Crippen LogP contribution in [0.25, 0.3) is 32.2 Å². The zero-order valence-electron chi connectivity index (χ0n) is 39.7. The summed E-state index contributed by atoms with van der Waals surface area (Å²) >= 11 is 1.40. The van der Waals surface area contributed by atoms with E-state index in [0.29, 0.717) is 90.3 Å². The number of aryl methyl sites for hydroxylation is 2. The molecule has 0 radical (unpaired) electrons. The molecule has 364 valence electrons. The van der Waals surface area contributed by atoms with Crippen molar-refractivity contribution in [2.75, 3.05) is 48.3 Å². The van der Waals surface area contributed by atoms with Gasteiger partial charge < -0.3 is 20.1 Å². The van der Waals surface area contributed by atoms with E-state index in [1.807, 2.05) is 84.6 Å². The van der Waals surface area contributed by atoms with Gasteiger partial charge in [-0.1, -0.05) is 36.5 Å². The third kappa shape index (κ3) is 10.2. The number of aromatic carboxylic acids is 1. The smallest absolute Gasteiger partial charge is 0.355 e. The number of carbonyl (C=O) groups is 5. The molecule has 3 aromatic carbocycles. The van der Waals surface area contributed by atoms with Crippen LogP contribution in [0.2, 0.25) is 0 Å². The first kappa shape index (κ1) is 47.1. The molecule has 18 heteroatoms. The molecule has 4 amide bonds. The van der Waals surface area contributed by atoms with Crippen LogP contribution in [0.1, 0.15) is 88.3 Å². The fourth-order valence-corrected chi connectivity index (χ4v) is 11.1. The fourth-order valence-electron chi connectivity index (χ4n) is 10.2. The summed E-state index contributed by atoms with van der Waals surface area (Å²) in [6.45, 7) is 7.54. The van der Waals surface area contributed by atoms with Crippen molar-refractivity contribution in [3.8, 4) is 16.9 Å². The van der Waals surface area contributed by atoms with Crippen molar-refractivity contribution in [3.05, 3.63) is 119 Å². The second kappa shape index (κ2) is 20.0. The molecular weight excluding hydrogens is 921 g/mol. The molecule has 7 heterocycles. The van der Waals surface area contributed by atoms with Crippen LogP contribution in [0.4, 0.5) is 16.6 Å². The van der Waals surface area contributed by atoms with E-state index in [0.717, 1.165) is 75.7 Å². The van der Waals surface area contributed by atoms with E-state index >= 15 is 0 Å². The number of amides is 4. The molecule has 2 fully saturated rings. The minimum Gasteiger partial charge on any atom is -0.493 e. The van der Waals surface area contributed by atoms with E-state index < -0.39 is 11.9 Å². The van der Waals surface area contributed by atoms with E-state index in [9.17, 15) is 29.1 Å². The van der Waals surface area contributed by atoms with Crippen LogP contribution in [-0.2, 0) is 34.4 Å². The molecule has 4 N–H and O–H groups in total. The van der Waals surface area contributed by atoms with Gasteiger partial charge in [-0.2, -0.15) is 5.10 Å². The number of carbonyl (C=O) groups excluding carboxylic acids is 4. The molecule has 2 atom stereocenters. The highest BCUT2D eigenvalue weighted by atomic mass is 32.1. The first-order valence-corrected chi connectivity index (χ1v) is 24.8. The zero-order valence-corrected chi connectivity index (χ0v) is 40.6. The summed E-state index contributed by atoms with van der Waals surface area (Å²) in [6.07, 6.45) is 5.95. The Morgan fingerprint density at radius 1 is 0.915 bits per heavy atom. The van der Waals surface area contributed by atoms with Crippen LogP contribution < -0.4 is 25.6 Å². The average molecular weight is 975 g/mol. The van der Waals surface area contributed by atoms with Gasteiger partial charge in [-0.05, 0) is 141 Å². The number of imide groups is 1. The average Bonchev–Trinajstić information content (AvgIpc) is 3.92. The maximum Gasteiger partial charge on any atom is 0.355 e. The molecule has 7 aromatic rings. The number of nitrogens with zero attached hydrogens (tertiary/aromatic N) is 7. The van der Waals surface area contributed by atoms with Crippen LogP contribution in [0.15, 0.2) is 85.1 Å². The molecule has 0 unspecified atom stereocenters. The molecule has 0 saturated carbocycles. The maximum absolute atomic E-state index is 13.6. The van der Waals surface area contributed by atoms with Gasteiger partial charge in [0.2, 0.25) is 17.7 Å². The van der Waals surface area contributed by atoms with E-state index in [1.54, 1.807) is 24.0 Å². The largest absolute Gasteiger partial charge is 0.493 e. The molecule has 3 aliphatic rings. The van der Waals surface area contributed by atoms with Gasteiger partial charge in [-0.15, -0.1) is 0 Å². The van der Waals surface area contributed by atoms with Crippen molar-refractivity contribution < 1.29 is 33.8 Å². The van der Waals surface area contributed by atoms with Gasteiger partial charge in [0.25, 0.3) is 5.91 Å². The van der Waals surface area contributed by atoms with Crippen LogP contribution in [-0.4, -0.2) is 97.1 Å². The summed E-state index contributed by atoms with van der Waals surface area (Å²) in [4.78, 5) is 81.5. The van der Waals surface area contributed by atoms with Crippen molar-refractivity contribution in [1.82, 2.24) is 34.9 Å². The van der Waals surface area contributed by atoms with Gasteiger partial charge in [0.15, 0.2) is 10.8 Å². The Bertz CT molecular complexity index is 3200. The Morgan fingerprint density at radius 2 is 1.73 bits per heavy atom. The Morgan fingerprint density at radius 3 is 2.52 bits per heavy atom. The normalized spacial score (nSPS) is 16.9. The number of anilines is 3. The summed E-state index contributed by atoms with van der Waals surface area (Å²) in [5, 5.41) is 24.7. The van der Waals surface area contributed by atoms with Gasteiger partial charge in [0.05, 0.1) is 40.5 Å². The number of hydrogen-bond donors (Lipinski definition) is 4. The van der Waals surface area contributed by atoms with Crippen molar-refractivity contribution in [3.63, 3.8) is 0 Å². The number of para-hydroxylation sites is 1. The Hall–Kier alpha value is -7.57. The molecule has 4 aromatic heterocycles. The first-order chi connectivity index (χ1) is 34.3. The van der Waals surface area contributed by atoms with Crippen LogP contribution in [0.5, 0.6) is 5.75 Å². The second-order valence-corrected chi connectivity index (χ2v) is 20.0. The molecule has 71 heavy (non-hydrogen) atoms. The number of hydrogen-bond acceptors (Lipinski definition) is 13. The Labute approximate surface area is 413 Å². The SMILES string of the molecule is Cc1cc(OC[C@H](C)CC2CCN(CC(=O)Nc3ccc4c([C@H]5CCC(=O)NC5=O)nn(C)c4c3)CC2)ccc1-c1ccc(N2CCc3ccnc(C(=O)Nc4nc5ccccc5s4)c3C2)nc1C(=O)O. The van der Waals surface area contributed by atoms with Crippen molar-refractivity contribution in [2.45, 2.75) is 64.8 Å². The maximum atomic E-state index is 13.6. The summed E-state index contributed by atoms with van der Waals surface area (Å²) in [6, 6.07) is 24.5. The molecule has 0 aliphatic carbocycles. The number of thiazole rings is 1. The number of nitrogens with one attached hydrogen (secondary N) is 3. The second-order valence-electron chi connectivity index (χ2n) is 18.9. The summed E-state index contributed by atoms with van der Waals surface area (Å²) in [5.41, 5.74) is 7.04. The van der Waals surface area contributed by atoms with Gasteiger partial charge in [0, 0.05) is 55.0 Å². The lowest BCUT2D eigenvalue weighted by atomic mass is 9.88. The number of aromatic nitrogens is 5. The van der Waals surface area contributed by atoms with Gasteiger partial charge in [-0.3, -0.25) is 44.4 Å². The van der Waals surface area contributed by atoms with E-state index in [4.69, 9.17) is 4.74 Å². The third-order valence-corrected chi connectivity index (χ3v) is 14.8. The molecule has 10 rings (SSSR count). The van der Waals surface area contributed by atoms with Crippen molar-refractivity contribution in [1.29, 1.82) is 0 Å². The van der Waals surface area contributed by atoms with Gasteiger partial charge in [-0.25, -0.2) is 14.8 Å². The van der Waals surface area contributed by atoms with E-state index in [1.165, 1.54) is 11.3 Å². The summed E-state index contributed by atoms with van der Waals surface area (Å²) < 4.78 is 8.97. The van der Waals surface area contributed by atoms with Crippen LogP contribution in [0, 0.1) is 18.8 Å². The zero-order chi connectivity index (χ0) is 49.3. The number of benzene rings is 3. The minimum atomic E-state index is -1.14. The number of pyridine rings is 2. The minimum absolute atomic E-state index is 0.0588. The quantitative estimate of drug-likeness (QED) is 0.0769. The molecule has 0 bridgehead atoms. The lowest BCUT2D eigenvalue weighted by Crippen LogP contribution is -2.39. The number of carboxylic acid groups (broad SMARTS) is 1. The monoisotopic (exact) mass is 974 g/mol. The molecule has 0 spiro atoms. The number of rotatable bonds is 14. The van der Waals surface area contributed by atoms with Crippen LogP contribution >= 0.6 is 11.3 Å². The molecule has 3 aliphatic heterocycles. The van der Waals surface area contributed by atoms with E-state index in [2.05, 4.69) is 47.8 Å². The molecule has 17 nitrogen and oxygen atoms in total. The predicted octanol–water partition coefficient (Wildman–Crippen LogP) is 7.74. The number of ether oxygens (including phenoxy) is 1. The van der Waals surface area contributed by atoms with E-state index in [-0.39, 0.29) is 35.7 Å². The lowest BCUT2D eigenvalue weighted by molar-refractivity contribution is -0.134. The Balaban J connectivity index is 0.703. The van der Waals surface area contributed by atoms with Crippen LogP contribution in [0.3, 0.4) is 0 Å². The fraction of sp³-hybridized carbons (Fsp3) is 0.340. The van der Waals surface area contributed by atoms with Crippen molar-refractivity contribution >= 4 is 78.7 Å². The molecule has 2 saturated heterocycles. The Kier molecular flexibility index (Phi) is 13.3. The lowest BCUT2D eigenvalue weighted by Gasteiger charge is -2.32. The van der Waals surface area contributed by atoms with Gasteiger partial charge >= 0.3 is 5.97 Å². The highest BCUT2D eigenvalue weighted by molar-refractivity contribution is 7.22. The number of fused-ring (bicyclic) bond motifs is 3. The van der Waals surface area contributed by atoms with Crippen molar-refractivity contribution in [2.24, 2.45) is 18.9 Å². The predicted molar refractivity (Wildman–Crippen MR) is 271 cm³/mol. The topological polar surface area (TPSA) is 214 Å². The highest BCUT2D eigenvalue weighted by Crippen LogP contribution is 2.35. The first-order valence-electron chi connectivity index (χ1n) is 24.0. The third-order valence-electron chi connectivity index (χ3n) is 13.9. The highest BCUT2D eigenvalue weighted by Gasteiger charge is 2.32. The summed E-state index contributed by atoms with van der Waals surface area (Å²) in [5.74, 6) is -0.644. The number of carboxylic acids is 1. The molecular formula is C53H54N10O7S.